The third-order valence-corrected chi connectivity index (χ3v) is 6.17. The molecule has 2 N–H and O–H groups in total. The van der Waals surface area contributed by atoms with E-state index in [1.54, 1.807) is 0 Å². The lowest BCUT2D eigenvalue weighted by Crippen LogP contribution is -2.49. The van der Waals surface area contributed by atoms with Crippen LogP contribution in [0.2, 0.25) is 0 Å². The maximum absolute atomic E-state index is 13.5. The Balaban J connectivity index is 0.000000509. The van der Waals surface area contributed by atoms with E-state index in [1.165, 1.54) is 5.56 Å². The van der Waals surface area contributed by atoms with Crippen molar-refractivity contribution in [3.63, 3.8) is 0 Å². The third kappa shape index (κ3) is 7.77. The fraction of sp³-hybridized carbons (Fsp3) is 0.222. The van der Waals surface area contributed by atoms with Crippen molar-refractivity contribution in [3.05, 3.63) is 106 Å². The van der Waals surface area contributed by atoms with Gasteiger partial charge in [0.25, 0.3) is 0 Å². The number of nitrogens with zero attached hydrogens (tertiary/aromatic N) is 2. The summed E-state index contributed by atoms with van der Waals surface area (Å²) in [5, 5.41) is 14.8. The highest BCUT2D eigenvalue weighted by atomic mass is 79.9. The van der Waals surface area contributed by atoms with Crippen molar-refractivity contribution in [2.45, 2.75) is 12.5 Å². The molecule has 0 radical (unpaired) electrons. The molecule has 1 aliphatic rings. The highest BCUT2D eigenvalue weighted by Crippen LogP contribution is 2.27. The number of carbonyl (C=O) groups excluding carboxylic acids is 1. The Kier molecular flexibility index (Phi) is 9.57. The zero-order valence-electron chi connectivity index (χ0n) is 19.1. The van der Waals surface area contributed by atoms with Gasteiger partial charge in [-0.1, -0.05) is 88.7 Å². The summed E-state index contributed by atoms with van der Waals surface area (Å²) in [6.45, 7) is 4.25. The van der Waals surface area contributed by atoms with E-state index >= 15 is 0 Å². The van der Waals surface area contributed by atoms with Gasteiger partial charge in [0, 0.05) is 37.2 Å². The topological polar surface area (TPSA) is 98.2 Å². The number of rotatable bonds is 5. The molecule has 1 heterocycles. The molecule has 8 heteroatoms. The molecule has 0 atom stereocenters. The second-order valence-corrected chi connectivity index (χ2v) is 9.01. The molecule has 0 bridgehead atoms. The summed E-state index contributed by atoms with van der Waals surface area (Å²) in [6, 6.07) is 28.7. The van der Waals surface area contributed by atoms with Crippen LogP contribution in [0.15, 0.2) is 89.4 Å². The minimum atomic E-state index is -1.82. The smallest absolute Gasteiger partial charge is 0.414 e. The van der Waals surface area contributed by atoms with Crippen molar-refractivity contribution >= 4 is 33.8 Å². The van der Waals surface area contributed by atoms with Gasteiger partial charge >= 0.3 is 11.9 Å². The zero-order valence-corrected chi connectivity index (χ0v) is 20.7. The molecule has 0 unspecified atom stereocenters. The molecule has 35 heavy (non-hydrogen) atoms. The van der Waals surface area contributed by atoms with Crippen LogP contribution < -0.4 is 0 Å². The minimum absolute atomic E-state index is 0.199. The highest BCUT2D eigenvalue weighted by Gasteiger charge is 2.29. The summed E-state index contributed by atoms with van der Waals surface area (Å²) in [4.78, 5) is 36.2. The summed E-state index contributed by atoms with van der Waals surface area (Å²) >= 11 is 3.54. The molecule has 1 saturated heterocycles. The standard InChI is InChI=1S/C25H25BrN2O.C2H2O4/c26-23-13-7-8-20(18-23)19-27-14-16-28(17-15-27)25(29)24(21-9-3-1-4-10-21)22-11-5-2-6-12-22;3-1(4)2(5)6/h1-13,18,24H,14-17,19H2;(H,3,4)(H,5,6). The monoisotopic (exact) mass is 538 g/mol. The van der Waals surface area contributed by atoms with Gasteiger partial charge < -0.3 is 15.1 Å². The number of carbonyl (C=O) groups is 3. The van der Waals surface area contributed by atoms with Gasteiger partial charge in [0.05, 0.1) is 5.92 Å². The number of hydrogen-bond acceptors (Lipinski definition) is 4. The molecule has 0 spiro atoms. The quantitative estimate of drug-likeness (QED) is 0.475. The Morgan fingerprint density at radius 1 is 0.743 bits per heavy atom. The Morgan fingerprint density at radius 2 is 1.26 bits per heavy atom. The van der Waals surface area contributed by atoms with Crippen LogP contribution in [0.25, 0.3) is 0 Å². The Morgan fingerprint density at radius 3 is 1.71 bits per heavy atom. The van der Waals surface area contributed by atoms with E-state index in [1.807, 2.05) is 47.4 Å². The van der Waals surface area contributed by atoms with Crippen LogP contribution >= 0.6 is 15.9 Å². The van der Waals surface area contributed by atoms with Crippen molar-refractivity contribution in [1.29, 1.82) is 0 Å². The number of carboxylic acids is 2. The molecular weight excluding hydrogens is 512 g/mol. The lowest BCUT2D eigenvalue weighted by molar-refractivity contribution is -0.159. The lowest BCUT2D eigenvalue weighted by atomic mass is 9.90. The number of piperazine rings is 1. The SMILES string of the molecule is O=C(C(c1ccccc1)c1ccccc1)N1CCN(Cc2cccc(Br)c2)CC1.O=C(O)C(=O)O. The number of aliphatic carboxylic acids is 2. The molecule has 1 amide bonds. The number of halogens is 1. The normalized spacial score (nSPS) is 13.6. The van der Waals surface area contributed by atoms with Crippen molar-refractivity contribution in [1.82, 2.24) is 9.80 Å². The van der Waals surface area contributed by atoms with Gasteiger partial charge in [0.1, 0.15) is 0 Å². The van der Waals surface area contributed by atoms with Crippen LogP contribution in [0, 0.1) is 0 Å². The van der Waals surface area contributed by atoms with Crippen LogP contribution in [0.1, 0.15) is 22.6 Å². The number of benzene rings is 3. The predicted molar refractivity (Wildman–Crippen MR) is 136 cm³/mol. The van der Waals surface area contributed by atoms with Crippen molar-refractivity contribution in [2.75, 3.05) is 26.2 Å². The second kappa shape index (κ2) is 12.8. The molecule has 4 rings (SSSR count). The van der Waals surface area contributed by atoms with Gasteiger partial charge in [-0.3, -0.25) is 9.69 Å². The largest absolute Gasteiger partial charge is 0.473 e. The average Bonchev–Trinajstić information content (AvgIpc) is 2.86. The molecule has 0 aliphatic carbocycles. The number of amides is 1. The first-order chi connectivity index (χ1) is 16.8. The number of carboxylic acid groups (broad SMARTS) is 2. The van der Waals surface area contributed by atoms with Gasteiger partial charge in [-0.15, -0.1) is 0 Å². The summed E-state index contributed by atoms with van der Waals surface area (Å²) in [5.41, 5.74) is 3.41. The van der Waals surface area contributed by atoms with E-state index in [-0.39, 0.29) is 11.8 Å². The van der Waals surface area contributed by atoms with Gasteiger partial charge in [0.15, 0.2) is 0 Å². The van der Waals surface area contributed by atoms with E-state index in [4.69, 9.17) is 19.8 Å². The average molecular weight is 539 g/mol. The summed E-state index contributed by atoms with van der Waals surface area (Å²) < 4.78 is 1.11. The van der Waals surface area contributed by atoms with Crippen LogP contribution in [0.3, 0.4) is 0 Å². The minimum Gasteiger partial charge on any atom is -0.473 e. The van der Waals surface area contributed by atoms with E-state index in [0.29, 0.717) is 0 Å². The molecule has 1 aliphatic heterocycles. The highest BCUT2D eigenvalue weighted by molar-refractivity contribution is 9.10. The van der Waals surface area contributed by atoms with Crippen molar-refractivity contribution in [3.8, 4) is 0 Å². The fourth-order valence-electron chi connectivity index (χ4n) is 3.97. The first kappa shape index (κ1) is 26.1. The molecule has 3 aromatic carbocycles. The molecular formula is C27H27BrN2O5. The zero-order chi connectivity index (χ0) is 25.2. The van der Waals surface area contributed by atoms with Crippen molar-refractivity contribution in [2.24, 2.45) is 0 Å². The third-order valence-electron chi connectivity index (χ3n) is 5.67. The van der Waals surface area contributed by atoms with E-state index in [0.717, 1.165) is 48.3 Å². The molecule has 0 saturated carbocycles. The van der Waals surface area contributed by atoms with Crippen LogP contribution in [-0.2, 0) is 20.9 Å². The van der Waals surface area contributed by atoms with Crippen LogP contribution in [-0.4, -0.2) is 64.0 Å². The summed E-state index contributed by atoms with van der Waals surface area (Å²) in [6.07, 6.45) is 0. The molecule has 3 aromatic rings. The van der Waals surface area contributed by atoms with Crippen LogP contribution in [0.5, 0.6) is 0 Å². The molecule has 7 nitrogen and oxygen atoms in total. The van der Waals surface area contributed by atoms with Gasteiger partial charge in [0.2, 0.25) is 5.91 Å². The summed E-state index contributed by atoms with van der Waals surface area (Å²) in [5.74, 6) is -3.69. The first-order valence-corrected chi connectivity index (χ1v) is 12.0. The van der Waals surface area contributed by atoms with Crippen LogP contribution in [0.4, 0.5) is 0 Å². The lowest BCUT2D eigenvalue weighted by Gasteiger charge is -2.36. The fourth-order valence-corrected chi connectivity index (χ4v) is 4.42. The first-order valence-electron chi connectivity index (χ1n) is 11.2. The molecule has 1 fully saturated rings. The maximum atomic E-state index is 13.5. The van der Waals surface area contributed by atoms with Gasteiger partial charge in [-0.05, 0) is 28.8 Å². The van der Waals surface area contributed by atoms with Gasteiger partial charge in [-0.25, -0.2) is 9.59 Å². The maximum Gasteiger partial charge on any atom is 0.414 e. The molecule has 0 aromatic heterocycles. The van der Waals surface area contributed by atoms with E-state index < -0.39 is 11.9 Å². The Bertz CT molecular complexity index is 1080. The van der Waals surface area contributed by atoms with Gasteiger partial charge in [-0.2, -0.15) is 0 Å². The predicted octanol–water partition coefficient (Wildman–Crippen LogP) is 4.08. The molecule has 182 valence electrons. The van der Waals surface area contributed by atoms with E-state index in [9.17, 15) is 4.79 Å². The Labute approximate surface area is 212 Å². The van der Waals surface area contributed by atoms with E-state index in [2.05, 4.69) is 63.3 Å². The summed E-state index contributed by atoms with van der Waals surface area (Å²) in [7, 11) is 0. The second-order valence-electron chi connectivity index (χ2n) is 8.10. The number of hydrogen-bond donors (Lipinski definition) is 2. The Hall–Kier alpha value is -3.49. The van der Waals surface area contributed by atoms with Crippen molar-refractivity contribution < 1.29 is 24.6 Å².